The number of carbonyl (C=O) groups is 1. The number of carbonyl (C=O) groups excluding carboxylic acids is 1. The highest BCUT2D eigenvalue weighted by Gasteiger charge is 2.24. The molecule has 62 valence electrons. The number of ether oxygens (including phenoxy) is 2. The zero-order valence-electron chi connectivity index (χ0n) is 5.99. The molecule has 0 fully saturated rings. The number of nitrogens with zero attached hydrogens (tertiary/aromatic N) is 1. The molecule has 4 nitrogen and oxygen atoms in total. The van der Waals surface area contributed by atoms with Crippen LogP contribution in [0.2, 0.25) is 0 Å². The number of alkyl halides is 1. The van der Waals surface area contributed by atoms with E-state index >= 15 is 0 Å². The second-order valence-electron chi connectivity index (χ2n) is 1.82. The van der Waals surface area contributed by atoms with Gasteiger partial charge in [-0.15, -0.1) is 0 Å². The Morgan fingerprint density at radius 2 is 2.64 bits per heavy atom. The van der Waals surface area contributed by atoms with Gasteiger partial charge in [-0.3, -0.25) is 0 Å². The van der Waals surface area contributed by atoms with Crippen molar-refractivity contribution in [2.24, 2.45) is 0 Å². The van der Waals surface area contributed by atoms with Gasteiger partial charge in [-0.05, 0) is 6.92 Å². The fourth-order valence-electron chi connectivity index (χ4n) is 0.641. The van der Waals surface area contributed by atoms with Gasteiger partial charge < -0.3 is 9.47 Å². The summed E-state index contributed by atoms with van der Waals surface area (Å²) in [6, 6.07) is 0. The van der Waals surface area contributed by atoms with Crippen LogP contribution in [-0.2, 0) is 9.47 Å². The molecule has 1 rings (SSSR count). The lowest BCUT2D eigenvalue weighted by atomic mass is 10.8. The van der Waals surface area contributed by atoms with E-state index in [1.165, 1.54) is 12.5 Å². The Hall–Kier alpha value is -0.900. The summed E-state index contributed by atoms with van der Waals surface area (Å²) >= 11 is 5.55. The highest BCUT2D eigenvalue weighted by Crippen LogP contribution is 2.15. The van der Waals surface area contributed by atoms with E-state index in [1.807, 2.05) is 0 Å². The van der Waals surface area contributed by atoms with Gasteiger partial charge in [0, 0.05) is 6.20 Å². The topological polar surface area (TPSA) is 38.8 Å². The van der Waals surface area contributed by atoms with Crippen molar-refractivity contribution in [2.75, 3.05) is 6.61 Å². The van der Waals surface area contributed by atoms with Gasteiger partial charge in [0.05, 0.1) is 6.61 Å². The number of hydrogen-bond acceptors (Lipinski definition) is 3. The van der Waals surface area contributed by atoms with Gasteiger partial charge in [-0.1, -0.05) is 11.6 Å². The van der Waals surface area contributed by atoms with Gasteiger partial charge in [0.15, 0.2) is 0 Å². The van der Waals surface area contributed by atoms with Gasteiger partial charge in [0.1, 0.15) is 6.26 Å². The first-order chi connectivity index (χ1) is 5.25. The summed E-state index contributed by atoms with van der Waals surface area (Å²) in [6.07, 6.45) is 2.27. The third-order valence-electron chi connectivity index (χ3n) is 1.11. The van der Waals surface area contributed by atoms with Crippen molar-refractivity contribution in [2.45, 2.75) is 12.6 Å². The molecule has 11 heavy (non-hydrogen) atoms. The second kappa shape index (κ2) is 3.48. The Kier molecular flexibility index (Phi) is 2.59. The van der Waals surface area contributed by atoms with Crippen LogP contribution in [0, 0.1) is 0 Å². The van der Waals surface area contributed by atoms with Gasteiger partial charge in [-0.2, -0.15) is 0 Å². The van der Waals surface area contributed by atoms with Crippen molar-refractivity contribution in [1.29, 1.82) is 0 Å². The standard InChI is InChI=1S/C6H8ClNO3/c1-2-10-6(9)8-3-4-11-5(8)7/h3-5H,2H2,1H3. The molecule has 0 spiro atoms. The van der Waals surface area contributed by atoms with E-state index < -0.39 is 11.8 Å². The van der Waals surface area contributed by atoms with Crippen LogP contribution in [0.25, 0.3) is 0 Å². The third kappa shape index (κ3) is 1.77. The monoisotopic (exact) mass is 177 g/mol. The molecule has 1 aliphatic heterocycles. The summed E-state index contributed by atoms with van der Waals surface area (Å²) in [7, 11) is 0. The molecule has 0 aromatic carbocycles. The van der Waals surface area contributed by atoms with Crippen molar-refractivity contribution in [3.63, 3.8) is 0 Å². The summed E-state index contributed by atoms with van der Waals surface area (Å²) in [5, 5.41) is 0. The molecule has 1 aliphatic rings. The lowest BCUT2D eigenvalue weighted by Crippen LogP contribution is -2.30. The lowest BCUT2D eigenvalue weighted by Gasteiger charge is -2.15. The van der Waals surface area contributed by atoms with E-state index in [-0.39, 0.29) is 0 Å². The quantitative estimate of drug-likeness (QED) is 0.450. The normalized spacial score (nSPS) is 21.6. The van der Waals surface area contributed by atoms with Crippen molar-refractivity contribution in [1.82, 2.24) is 4.90 Å². The fourth-order valence-corrected chi connectivity index (χ4v) is 0.845. The molecule has 0 N–H and O–H groups in total. The summed E-state index contributed by atoms with van der Waals surface area (Å²) in [5.74, 6) is 0. The van der Waals surface area contributed by atoms with Gasteiger partial charge >= 0.3 is 6.09 Å². The van der Waals surface area contributed by atoms with Crippen molar-refractivity contribution in [3.8, 4) is 0 Å². The summed E-state index contributed by atoms with van der Waals surface area (Å²) < 4.78 is 9.41. The van der Waals surface area contributed by atoms with Crippen LogP contribution >= 0.6 is 11.6 Å². The molecule has 1 unspecified atom stereocenters. The van der Waals surface area contributed by atoms with Crippen molar-refractivity contribution in [3.05, 3.63) is 12.5 Å². The van der Waals surface area contributed by atoms with Crippen LogP contribution < -0.4 is 0 Å². The fraction of sp³-hybridized carbons (Fsp3) is 0.500. The minimum atomic E-state index is -0.769. The van der Waals surface area contributed by atoms with Gasteiger partial charge in [0.25, 0.3) is 5.69 Å². The first kappa shape index (κ1) is 8.20. The Balaban J connectivity index is 2.46. The number of halogens is 1. The Labute approximate surface area is 69.3 Å². The number of rotatable bonds is 1. The van der Waals surface area contributed by atoms with Crippen LogP contribution in [0.3, 0.4) is 0 Å². The van der Waals surface area contributed by atoms with Crippen molar-refractivity contribution < 1.29 is 14.3 Å². The highest BCUT2D eigenvalue weighted by atomic mass is 35.5. The van der Waals surface area contributed by atoms with Gasteiger partial charge in [0.2, 0.25) is 0 Å². The van der Waals surface area contributed by atoms with Crippen LogP contribution in [-0.4, -0.2) is 23.3 Å². The summed E-state index contributed by atoms with van der Waals surface area (Å²) in [6.45, 7) is 2.05. The smallest absolute Gasteiger partial charge is 0.417 e. The maximum absolute atomic E-state index is 10.9. The Morgan fingerprint density at radius 1 is 1.91 bits per heavy atom. The van der Waals surface area contributed by atoms with Crippen LogP contribution in [0.4, 0.5) is 4.79 Å². The van der Waals surface area contributed by atoms with E-state index in [0.717, 1.165) is 4.90 Å². The first-order valence-electron chi connectivity index (χ1n) is 3.17. The van der Waals surface area contributed by atoms with Crippen LogP contribution in [0.5, 0.6) is 0 Å². The van der Waals surface area contributed by atoms with E-state index in [2.05, 4.69) is 4.74 Å². The predicted octanol–water partition coefficient (Wildman–Crippen LogP) is 1.47. The molecule has 0 aromatic rings. The Morgan fingerprint density at radius 3 is 3.09 bits per heavy atom. The molecule has 5 heteroatoms. The highest BCUT2D eigenvalue weighted by molar-refractivity contribution is 6.20. The maximum atomic E-state index is 10.9. The van der Waals surface area contributed by atoms with E-state index in [0.29, 0.717) is 6.61 Å². The van der Waals surface area contributed by atoms with Crippen LogP contribution in [0.1, 0.15) is 6.92 Å². The zero-order valence-corrected chi connectivity index (χ0v) is 6.75. The largest absolute Gasteiger partial charge is 0.462 e. The second-order valence-corrected chi connectivity index (χ2v) is 2.19. The molecule has 0 bridgehead atoms. The minimum absolute atomic E-state index is 0.326. The predicted molar refractivity (Wildman–Crippen MR) is 38.7 cm³/mol. The van der Waals surface area contributed by atoms with E-state index in [9.17, 15) is 4.79 Å². The molecule has 0 radical (unpaired) electrons. The summed E-state index contributed by atoms with van der Waals surface area (Å²) in [5.41, 5.74) is -0.769. The first-order valence-corrected chi connectivity index (χ1v) is 3.60. The van der Waals surface area contributed by atoms with Crippen molar-refractivity contribution >= 4 is 17.7 Å². The molecular weight excluding hydrogens is 170 g/mol. The molecular formula is C6H8ClNO3. The molecule has 0 saturated heterocycles. The molecule has 1 atom stereocenters. The van der Waals surface area contributed by atoms with Crippen LogP contribution in [0.15, 0.2) is 12.5 Å². The molecule has 1 amide bonds. The number of hydrogen-bond donors (Lipinski definition) is 0. The average molecular weight is 178 g/mol. The molecule has 0 saturated carbocycles. The third-order valence-corrected chi connectivity index (χ3v) is 1.42. The zero-order chi connectivity index (χ0) is 8.27. The maximum Gasteiger partial charge on any atom is 0.417 e. The van der Waals surface area contributed by atoms with E-state index in [4.69, 9.17) is 16.3 Å². The van der Waals surface area contributed by atoms with E-state index in [1.54, 1.807) is 6.92 Å². The average Bonchev–Trinajstić information content (AvgIpc) is 2.36. The van der Waals surface area contributed by atoms with Gasteiger partial charge in [-0.25, -0.2) is 9.69 Å². The lowest BCUT2D eigenvalue weighted by molar-refractivity contribution is 0.0823. The molecule has 0 aromatic heterocycles. The summed E-state index contributed by atoms with van der Waals surface area (Å²) in [4.78, 5) is 12.1. The SMILES string of the molecule is CCOC(=O)N1C=COC1Cl. The molecule has 1 heterocycles. The minimum Gasteiger partial charge on any atom is -0.462 e. The number of amides is 1. The molecule has 0 aliphatic carbocycles. The Bertz CT molecular complexity index is 183.